The number of aromatic nitrogens is 1. The predicted molar refractivity (Wildman–Crippen MR) is 114 cm³/mol. The molecule has 0 saturated carbocycles. The van der Waals surface area contributed by atoms with Gasteiger partial charge < -0.3 is 9.47 Å². The van der Waals surface area contributed by atoms with Gasteiger partial charge >= 0.3 is 0 Å². The van der Waals surface area contributed by atoms with Crippen LogP contribution in [0.5, 0.6) is 11.5 Å². The molecular weight excluding hydrogens is 392 g/mol. The summed E-state index contributed by atoms with van der Waals surface area (Å²) in [4.78, 5) is 14.8. The van der Waals surface area contributed by atoms with E-state index in [4.69, 9.17) is 9.47 Å². The van der Waals surface area contributed by atoms with E-state index in [1.165, 1.54) is 23.5 Å². The van der Waals surface area contributed by atoms with Crippen LogP contribution in [-0.2, 0) is 0 Å². The van der Waals surface area contributed by atoms with Gasteiger partial charge in [0.2, 0.25) is 5.13 Å². The Labute approximate surface area is 172 Å². The average molecular weight is 412 g/mol. The number of benzene rings is 2. The van der Waals surface area contributed by atoms with Crippen molar-refractivity contribution in [3.05, 3.63) is 63.5 Å². The smallest absolute Gasteiger partial charge is 0.269 e. The van der Waals surface area contributed by atoms with E-state index in [1.54, 1.807) is 18.3 Å². The summed E-state index contributed by atoms with van der Waals surface area (Å²) in [5.41, 5.74) is 5.34. The quantitative estimate of drug-likeness (QED) is 0.303. The minimum atomic E-state index is -0.426. The lowest BCUT2D eigenvalue weighted by Crippen LogP contribution is -1.99. The minimum Gasteiger partial charge on any atom is -0.490 e. The maximum Gasteiger partial charge on any atom is 0.269 e. The van der Waals surface area contributed by atoms with E-state index < -0.39 is 4.92 Å². The van der Waals surface area contributed by atoms with Gasteiger partial charge in [0.15, 0.2) is 11.5 Å². The molecule has 29 heavy (non-hydrogen) atoms. The first-order chi connectivity index (χ1) is 14.1. The third kappa shape index (κ3) is 5.29. The molecule has 0 fully saturated rings. The fourth-order valence-corrected chi connectivity index (χ4v) is 3.19. The zero-order chi connectivity index (χ0) is 20.6. The van der Waals surface area contributed by atoms with Crippen molar-refractivity contribution in [3.63, 3.8) is 0 Å². The van der Waals surface area contributed by atoms with Gasteiger partial charge in [-0.3, -0.25) is 15.5 Å². The molecule has 0 amide bonds. The van der Waals surface area contributed by atoms with E-state index >= 15 is 0 Å². The number of nitrogens with one attached hydrogen (secondary N) is 1. The number of thiazole rings is 1. The van der Waals surface area contributed by atoms with Crippen molar-refractivity contribution in [1.82, 2.24) is 4.98 Å². The van der Waals surface area contributed by atoms with Crippen LogP contribution in [0.15, 0.2) is 52.9 Å². The largest absolute Gasteiger partial charge is 0.490 e. The number of rotatable bonds is 9. The second-order valence-corrected chi connectivity index (χ2v) is 6.64. The Morgan fingerprint density at radius 3 is 2.55 bits per heavy atom. The third-order valence-corrected chi connectivity index (χ3v) is 4.57. The minimum absolute atomic E-state index is 0.0497. The van der Waals surface area contributed by atoms with Crippen LogP contribution >= 0.6 is 11.3 Å². The fourth-order valence-electron chi connectivity index (χ4n) is 2.52. The monoisotopic (exact) mass is 412 g/mol. The molecule has 9 heteroatoms. The second-order valence-electron chi connectivity index (χ2n) is 5.78. The molecule has 0 aliphatic carbocycles. The molecule has 0 spiro atoms. The van der Waals surface area contributed by atoms with E-state index in [0.29, 0.717) is 29.8 Å². The summed E-state index contributed by atoms with van der Waals surface area (Å²) in [6.45, 7) is 4.96. The van der Waals surface area contributed by atoms with Crippen molar-refractivity contribution in [2.75, 3.05) is 18.6 Å². The summed E-state index contributed by atoms with van der Waals surface area (Å²) in [5.74, 6) is 1.38. The Morgan fingerprint density at radius 2 is 1.86 bits per heavy atom. The van der Waals surface area contributed by atoms with Crippen molar-refractivity contribution < 1.29 is 14.4 Å². The highest BCUT2D eigenvalue weighted by Gasteiger charge is 2.08. The number of hydrazone groups is 1. The molecule has 0 aliphatic rings. The lowest BCUT2D eigenvalue weighted by atomic mass is 10.1. The van der Waals surface area contributed by atoms with Gasteiger partial charge in [-0.25, -0.2) is 4.98 Å². The highest BCUT2D eigenvalue weighted by Crippen LogP contribution is 2.28. The first kappa shape index (κ1) is 20.3. The van der Waals surface area contributed by atoms with E-state index in [1.807, 2.05) is 37.4 Å². The molecule has 0 atom stereocenters. The molecule has 1 heterocycles. The van der Waals surface area contributed by atoms with Crippen molar-refractivity contribution in [3.8, 4) is 22.8 Å². The van der Waals surface area contributed by atoms with Gasteiger partial charge in [-0.15, -0.1) is 11.3 Å². The normalized spacial score (nSPS) is 10.8. The Bertz CT molecular complexity index is 1000. The molecule has 0 unspecified atom stereocenters. The van der Waals surface area contributed by atoms with Crippen LogP contribution in [0.4, 0.5) is 10.8 Å². The summed E-state index contributed by atoms with van der Waals surface area (Å²) in [5, 5.41) is 17.4. The third-order valence-electron chi connectivity index (χ3n) is 3.82. The van der Waals surface area contributed by atoms with Crippen LogP contribution in [0.25, 0.3) is 11.3 Å². The standard InChI is InChI=1S/C20H20N4O4S/c1-3-27-18-10-5-14(11-19(18)28-4-2)12-21-23-20-22-17(13-29-20)15-6-8-16(9-7-15)24(25)26/h5-13H,3-4H2,1-2H3,(H,22,23)/b21-12+. The van der Waals surface area contributed by atoms with Crippen molar-refractivity contribution >= 4 is 28.4 Å². The Morgan fingerprint density at radius 1 is 1.14 bits per heavy atom. The second kappa shape index (κ2) is 9.65. The van der Waals surface area contributed by atoms with Crippen LogP contribution in [0.1, 0.15) is 19.4 Å². The summed E-state index contributed by atoms with van der Waals surface area (Å²) < 4.78 is 11.2. The van der Waals surface area contributed by atoms with Gasteiger partial charge in [-0.05, 0) is 49.7 Å². The van der Waals surface area contributed by atoms with Crippen molar-refractivity contribution in [2.45, 2.75) is 13.8 Å². The SMILES string of the molecule is CCOc1ccc(/C=N/Nc2nc(-c3ccc([N+](=O)[O-])cc3)cs2)cc1OCC. The molecule has 2 aromatic carbocycles. The van der Waals surface area contributed by atoms with Crippen molar-refractivity contribution in [2.24, 2.45) is 5.10 Å². The summed E-state index contributed by atoms with van der Waals surface area (Å²) >= 11 is 1.40. The molecule has 3 rings (SSSR count). The van der Waals surface area contributed by atoms with Crippen LogP contribution in [0, 0.1) is 10.1 Å². The number of anilines is 1. The fraction of sp³-hybridized carbons (Fsp3) is 0.200. The Kier molecular flexibility index (Phi) is 6.75. The molecule has 1 N–H and O–H groups in total. The van der Waals surface area contributed by atoms with E-state index in [2.05, 4.69) is 15.5 Å². The number of ether oxygens (including phenoxy) is 2. The van der Waals surface area contributed by atoms with Gasteiger partial charge in [0.05, 0.1) is 30.0 Å². The number of non-ortho nitro benzene ring substituents is 1. The van der Waals surface area contributed by atoms with Crippen LogP contribution in [-0.4, -0.2) is 29.3 Å². The van der Waals surface area contributed by atoms with E-state index in [0.717, 1.165) is 16.8 Å². The molecule has 1 aromatic heterocycles. The number of nitrogens with zero attached hydrogens (tertiary/aromatic N) is 3. The zero-order valence-corrected chi connectivity index (χ0v) is 16.8. The van der Waals surface area contributed by atoms with E-state index in [-0.39, 0.29) is 5.69 Å². The average Bonchev–Trinajstić information content (AvgIpc) is 3.19. The Hall–Kier alpha value is -3.46. The van der Waals surface area contributed by atoms with Crippen LogP contribution in [0.3, 0.4) is 0 Å². The first-order valence-corrected chi connectivity index (χ1v) is 9.87. The maximum atomic E-state index is 10.7. The number of nitro groups is 1. The molecule has 0 bridgehead atoms. The van der Waals surface area contributed by atoms with Crippen LogP contribution in [0.2, 0.25) is 0 Å². The number of hydrogen-bond donors (Lipinski definition) is 1. The van der Waals surface area contributed by atoms with Gasteiger partial charge in [-0.2, -0.15) is 5.10 Å². The first-order valence-electron chi connectivity index (χ1n) is 8.99. The van der Waals surface area contributed by atoms with Gasteiger partial charge in [-0.1, -0.05) is 0 Å². The highest BCUT2D eigenvalue weighted by atomic mass is 32.1. The highest BCUT2D eigenvalue weighted by molar-refractivity contribution is 7.14. The summed E-state index contributed by atoms with van der Waals surface area (Å²) in [6, 6.07) is 11.9. The summed E-state index contributed by atoms with van der Waals surface area (Å²) in [6.07, 6.45) is 1.67. The van der Waals surface area contributed by atoms with E-state index in [9.17, 15) is 10.1 Å². The van der Waals surface area contributed by atoms with Crippen molar-refractivity contribution in [1.29, 1.82) is 0 Å². The number of hydrogen-bond acceptors (Lipinski definition) is 8. The summed E-state index contributed by atoms with van der Waals surface area (Å²) in [7, 11) is 0. The van der Waals surface area contributed by atoms with Gasteiger partial charge in [0.25, 0.3) is 5.69 Å². The van der Waals surface area contributed by atoms with Gasteiger partial charge in [0, 0.05) is 23.1 Å². The van der Waals surface area contributed by atoms with Gasteiger partial charge in [0.1, 0.15) is 0 Å². The molecule has 3 aromatic rings. The number of nitro benzene ring substituents is 1. The molecule has 8 nitrogen and oxygen atoms in total. The van der Waals surface area contributed by atoms with Crippen LogP contribution < -0.4 is 14.9 Å². The molecule has 0 aliphatic heterocycles. The maximum absolute atomic E-state index is 10.7. The molecule has 0 radical (unpaired) electrons. The Balaban J connectivity index is 1.66. The lowest BCUT2D eigenvalue weighted by Gasteiger charge is -2.11. The lowest BCUT2D eigenvalue weighted by molar-refractivity contribution is -0.384. The predicted octanol–water partition coefficient (Wildman–Crippen LogP) is 4.96. The topological polar surface area (TPSA) is 98.9 Å². The zero-order valence-electron chi connectivity index (χ0n) is 16.0. The molecule has 150 valence electrons. The molecular formula is C20H20N4O4S. The molecule has 0 saturated heterocycles.